The van der Waals surface area contributed by atoms with Crippen LogP contribution in [-0.2, 0) is 4.79 Å². The number of carbonyl (C=O) groups excluding carboxylic acids is 1. The summed E-state index contributed by atoms with van der Waals surface area (Å²) in [6.07, 6.45) is 1.59. The first-order valence-corrected chi connectivity index (χ1v) is 8.66. The molecule has 1 atom stereocenters. The van der Waals surface area contributed by atoms with Crippen LogP contribution < -0.4 is 10.2 Å². The van der Waals surface area contributed by atoms with Gasteiger partial charge < -0.3 is 10.2 Å². The van der Waals surface area contributed by atoms with Gasteiger partial charge >= 0.3 is 0 Å². The van der Waals surface area contributed by atoms with E-state index in [0.717, 1.165) is 21.3 Å². The molecule has 0 saturated heterocycles. The molecule has 0 aliphatic rings. The quantitative estimate of drug-likeness (QED) is 0.604. The number of benzene rings is 2. The molecule has 0 aromatic heterocycles. The molecule has 0 spiro atoms. The van der Waals surface area contributed by atoms with Crippen molar-refractivity contribution in [3.05, 3.63) is 69.7 Å². The average molecular weight is 398 g/mol. The maximum Gasteiger partial charge on any atom is 0.262 e. The van der Waals surface area contributed by atoms with E-state index in [1.807, 2.05) is 80.5 Å². The first kappa shape index (κ1) is 18.8. The number of nitrogens with one attached hydrogen (secondary N) is 1. The summed E-state index contributed by atoms with van der Waals surface area (Å²) in [5, 5.41) is 12.2. The van der Waals surface area contributed by atoms with Crippen LogP contribution in [0.2, 0.25) is 0 Å². The van der Waals surface area contributed by atoms with Crippen LogP contribution in [0, 0.1) is 11.3 Å². The number of carbonyl (C=O) groups is 1. The standard InChI is InChI=1S/C20H20BrN3O/c1-14(16-7-5-4-6-8-16)23-20(25)17(13-22)11-15-9-10-19(24(2)3)18(21)12-15/h4-12,14H,1-3H3,(H,23,25)/b17-11+/t14-/m0/s1. The van der Waals surface area contributed by atoms with Crippen molar-refractivity contribution in [1.82, 2.24) is 5.32 Å². The zero-order chi connectivity index (χ0) is 18.4. The van der Waals surface area contributed by atoms with Gasteiger partial charge in [0.05, 0.1) is 11.7 Å². The number of nitrogens with zero attached hydrogens (tertiary/aromatic N) is 2. The molecule has 0 bridgehead atoms. The summed E-state index contributed by atoms with van der Waals surface area (Å²) in [4.78, 5) is 14.4. The Morgan fingerprint density at radius 3 is 2.48 bits per heavy atom. The Morgan fingerprint density at radius 1 is 1.24 bits per heavy atom. The van der Waals surface area contributed by atoms with Crippen LogP contribution in [0.1, 0.15) is 24.1 Å². The minimum absolute atomic E-state index is 0.0762. The van der Waals surface area contributed by atoms with Crippen LogP contribution in [0.3, 0.4) is 0 Å². The molecule has 25 heavy (non-hydrogen) atoms. The van der Waals surface area contributed by atoms with Gasteiger partial charge in [0.1, 0.15) is 11.6 Å². The van der Waals surface area contributed by atoms with Gasteiger partial charge in [-0.25, -0.2) is 0 Å². The van der Waals surface area contributed by atoms with E-state index < -0.39 is 0 Å². The molecule has 0 aliphatic carbocycles. The fourth-order valence-electron chi connectivity index (χ4n) is 2.39. The molecule has 0 aliphatic heterocycles. The number of rotatable bonds is 5. The summed E-state index contributed by atoms with van der Waals surface area (Å²) in [5.41, 5.74) is 2.88. The zero-order valence-corrected chi connectivity index (χ0v) is 16.0. The highest BCUT2D eigenvalue weighted by atomic mass is 79.9. The van der Waals surface area contributed by atoms with E-state index in [4.69, 9.17) is 0 Å². The number of halogens is 1. The number of amides is 1. The Labute approximate surface area is 156 Å². The van der Waals surface area contributed by atoms with Gasteiger partial charge in [0, 0.05) is 18.6 Å². The van der Waals surface area contributed by atoms with Gasteiger partial charge in [-0.3, -0.25) is 4.79 Å². The summed E-state index contributed by atoms with van der Waals surface area (Å²) >= 11 is 3.51. The van der Waals surface area contributed by atoms with Crippen molar-refractivity contribution in [2.45, 2.75) is 13.0 Å². The summed E-state index contributed by atoms with van der Waals surface area (Å²) in [6.45, 7) is 1.89. The molecule has 0 heterocycles. The molecule has 0 unspecified atom stereocenters. The third kappa shape index (κ3) is 4.94. The molecule has 0 radical (unpaired) electrons. The highest BCUT2D eigenvalue weighted by Gasteiger charge is 2.14. The molecule has 2 aromatic rings. The van der Waals surface area contributed by atoms with Crippen LogP contribution in [0.5, 0.6) is 0 Å². The van der Waals surface area contributed by atoms with E-state index in [9.17, 15) is 10.1 Å². The van der Waals surface area contributed by atoms with Gasteiger partial charge in [-0.1, -0.05) is 36.4 Å². The van der Waals surface area contributed by atoms with Gasteiger partial charge in [0.2, 0.25) is 0 Å². The lowest BCUT2D eigenvalue weighted by molar-refractivity contribution is -0.117. The second kappa shape index (κ2) is 8.50. The lowest BCUT2D eigenvalue weighted by Gasteiger charge is -2.15. The Morgan fingerprint density at radius 2 is 1.92 bits per heavy atom. The Hall–Kier alpha value is -2.58. The van der Waals surface area contributed by atoms with Gasteiger partial charge in [-0.15, -0.1) is 0 Å². The van der Waals surface area contributed by atoms with Crippen LogP contribution in [0.15, 0.2) is 58.6 Å². The summed E-state index contributed by atoms with van der Waals surface area (Å²) < 4.78 is 0.904. The highest BCUT2D eigenvalue weighted by Crippen LogP contribution is 2.26. The van der Waals surface area contributed by atoms with E-state index in [-0.39, 0.29) is 17.5 Å². The smallest absolute Gasteiger partial charge is 0.262 e. The third-order valence-electron chi connectivity index (χ3n) is 3.78. The van der Waals surface area contributed by atoms with E-state index >= 15 is 0 Å². The zero-order valence-electron chi connectivity index (χ0n) is 14.5. The molecular formula is C20H20BrN3O. The van der Waals surface area contributed by atoms with Crippen LogP contribution in [0.4, 0.5) is 5.69 Å². The predicted octanol–water partition coefficient (Wildman–Crippen LogP) is 4.30. The molecule has 4 nitrogen and oxygen atoms in total. The van der Waals surface area contributed by atoms with E-state index in [0.29, 0.717) is 0 Å². The first-order valence-electron chi connectivity index (χ1n) is 7.87. The van der Waals surface area contributed by atoms with E-state index in [2.05, 4.69) is 21.2 Å². The van der Waals surface area contributed by atoms with Crippen molar-refractivity contribution >= 4 is 33.6 Å². The molecule has 1 N–H and O–H groups in total. The summed E-state index contributed by atoms with van der Waals surface area (Å²) in [5.74, 6) is -0.383. The summed E-state index contributed by atoms with van der Waals surface area (Å²) in [6, 6.07) is 17.2. The molecule has 128 valence electrons. The minimum atomic E-state index is -0.383. The molecule has 0 saturated carbocycles. The van der Waals surface area contributed by atoms with Gasteiger partial charge in [0.15, 0.2) is 0 Å². The van der Waals surface area contributed by atoms with E-state index in [1.54, 1.807) is 6.08 Å². The molecule has 2 aromatic carbocycles. The molecular weight excluding hydrogens is 378 g/mol. The molecule has 2 rings (SSSR count). The number of hydrogen-bond acceptors (Lipinski definition) is 3. The van der Waals surface area contributed by atoms with Crippen molar-refractivity contribution < 1.29 is 4.79 Å². The monoisotopic (exact) mass is 397 g/mol. The predicted molar refractivity (Wildman–Crippen MR) is 105 cm³/mol. The number of nitriles is 1. The molecule has 5 heteroatoms. The maximum absolute atomic E-state index is 12.4. The van der Waals surface area contributed by atoms with Crippen molar-refractivity contribution in [2.24, 2.45) is 0 Å². The van der Waals surface area contributed by atoms with Gasteiger partial charge in [-0.2, -0.15) is 5.26 Å². The topological polar surface area (TPSA) is 56.1 Å². The van der Waals surface area contributed by atoms with Crippen LogP contribution >= 0.6 is 15.9 Å². The Balaban J connectivity index is 2.18. The Kier molecular flexibility index (Phi) is 6.37. The fraction of sp³-hybridized carbons (Fsp3) is 0.200. The average Bonchev–Trinajstić information content (AvgIpc) is 2.60. The maximum atomic E-state index is 12.4. The molecule has 0 fully saturated rings. The lowest BCUT2D eigenvalue weighted by Crippen LogP contribution is -2.27. The van der Waals surface area contributed by atoms with Gasteiger partial charge in [-0.05, 0) is 52.2 Å². The van der Waals surface area contributed by atoms with Crippen molar-refractivity contribution in [2.75, 3.05) is 19.0 Å². The summed E-state index contributed by atoms with van der Waals surface area (Å²) in [7, 11) is 3.91. The minimum Gasteiger partial charge on any atom is -0.377 e. The highest BCUT2D eigenvalue weighted by molar-refractivity contribution is 9.10. The SMILES string of the molecule is C[C@H](NC(=O)/C(C#N)=C/c1ccc(N(C)C)c(Br)c1)c1ccccc1. The van der Waals surface area contributed by atoms with E-state index in [1.165, 1.54) is 0 Å². The lowest BCUT2D eigenvalue weighted by atomic mass is 10.1. The second-order valence-corrected chi connectivity index (χ2v) is 6.74. The number of hydrogen-bond donors (Lipinski definition) is 1. The Bertz CT molecular complexity index is 823. The normalized spacial score (nSPS) is 12.2. The largest absolute Gasteiger partial charge is 0.377 e. The van der Waals surface area contributed by atoms with Crippen molar-refractivity contribution in [3.8, 4) is 6.07 Å². The third-order valence-corrected chi connectivity index (χ3v) is 4.41. The first-order chi connectivity index (χ1) is 11.9. The van der Waals surface area contributed by atoms with Crippen molar-refractivity contribution in [3.63, 3.8) is 0 Å². The fourth-order valence-corrected chi connectivity index (χ4v) is 3.14. The van der Waals surface area contributed by atoms with Crippen LogP contribution in [0.25, 0.3) is 6.08 Å². The van der Waals surface area contributed by atoms with Crippen LogP contribution in [-0.4, -0.2) is 20.0 Å². The van der Waals surface area contributed by atoms with Gasteiger partial charge in [0.25, 0.3) is 5.91 Å². The molecule has 1 amide bonds. The second-order valence-electron chi connectivity index (χ2n) is 5.88. The number of anilines is 1. The van der Waals surface area contributed by atoms with Crippen molar-refractivity contribution in [1.29, 1.82) is 5.26 Å².